The number of pyridine rings is 1. The quantitative estimate of drug-likeness (QED) is 0.646. The van der Waals surface area contributed by atoms with Crippen molar-refractivity contribution < 1.29 is 4.74 Å². The minimum Gasteiger partial charge on any atom is -0.475 e. The summed E-state index contributed by atoms with van der Waals surface area (Å²) >= 11 is 6.15. The number of nitrogens with zero attached hydrogens (tertiary/aromatic N) is 2. The van der Waals surface area contributed by atoms with Gasteiger partial charge in [0.1, 0.15) is 17.1 Å². The highest BCUT2D eigenvalue weighted by atomic mass is 35.5. The Balaban J connectivity index is 0.00000210. The predicted octanol–water partition coefficient (Wildman–Crippen LogP) is 2.28. The standard InChI is InChI=1S/C18H17ClN4O3.ClH/c19-14-9-13-15(17(21-14)26-10-11-5-4-8-20-11)16(24)22-18(25)23(13)12-6-2-1-3-7-12;/h1-3,6-7,9,11,20H,4-5,8,10H2,(H,22,24,25);1H/t11-;/m0./s1. The van der Waals surface area contributed by atoms with E-state index in [2.05, 4.69) is 15.3 Å². The molecule has 0 saturated carbocycles. The van der Waals surface area contributed by atoms with Crippen molar-refractivity contribution in [2.24, 2.45) is 0 Å². The van der Waals surface area contributed by atoms with E-state index in [0.29, 0.717) is 17.8 Å². The number of rotatable bonds is 4. The van der Waals surface area contributed by atoms with Crippen LogP contribution in [0.3, 0.4) is 0 Å². The van der Waals surface area contributed by atoms with Crippen molar-refractivity contribution in [3.63, 3.8) is 0 Å². The summed E-state index contributed by atoms with van der Waals surface area (Å²) in [5.41, 5.74) is -0.112. The summed E-state index contributed by atoms with van der Waals surface area (Å²) in [6.07, 6.45) is 2.09. The second-order valence-electron chi connectivity index (χ2n) is 6.18. The first-order valence-electron chi connectivity index (χ1n) is 8.40. The SMILES string of the molecule is Cl.O=c1[nH]c(=O)n(-c2ccccc2)c2cc(Cl)nc(OC[C@@H]3CCCN3)c12. The Morgan fingerprint density at radius 3 is 2.74 bits per heavy atom. The minimum atomic E-state index is -0.546. The molecule has 0 unspecified atom stereocenters. The van der Waals surface area contributed by atoms with Gasteiger partial charge in [0.2, 0.25) is 5.88 Å². The van der Waals surface area contributed by atoms with Crippen molar-refractivity contribution in [3.05, 3.63) is 62.4 Å². The molecule has 3 aromatic rings. The first kappa shape index (κ1) is 19.4. The number of aromatic nitrogens is 3. The molecule has 1 saturated heterocycles. The van der Waals surface area contributed by atoms with Crippen LogP contribution in [0.1, 0.15) is 12.8 Å². The number of benzene rings is 1. The molecule has 0 amide bonds. The van der Waals surface area contributed by atoms with Gasteiger partial charge in [0.15, 0.2) is 0 Å². The molecule has 1 fully saturated rings. The number of aromatic amines is 1. The predicted molar refractivity (Wildman–Crippen MR) is 107 cm³/mol. The van der Waals surface area contributed by atoms with Crippen LogP contribution >= 0.6 is 24.0 Å². The zero-order valence-corrected chi connectivity index (χ0v) is 15.8. The number of hydrogen-bond acceptors (Lipinski definition) is 5. The summed E-state index contributed by atoms with van der Waals surface area (Å²) in [6.45, 7) is 1.33. The smallest absolute Gasteiger partial charge is 0.333 e. The van der Waals surface area contributed by atoms with E-state index in [1.54, 1.807) is 12.1 Å². The molecule has 2 aromatic heterocycles. The Morgan fingerprint density at radius 2 is 2.04 bits per heavy atom. The van der Waals surface area contributed by atoms with Crippen molar-refractivity contribution in [1.82, 2.24) is 19.9 Å². The fourth-order valence-corrected chi connectivity index (χ4v) is 3.39. The van der Waals surface area contributed by atoms with Crippen molar-refractivity contribution in [3.8, 4) is 11.6 Å². The first-order chi connectivity index (χ1) is 12.6. The van der Waals surface area contributed by atoms with Crippen molar-refractivity contribution in [2.45, 2.75) is 18.9 Å². The van der Waals surface area contributed by atoms with Crippen LogP contribution in [0.5, 0.6) is 5.88 Å². The second-order valence-corrected chi connectivity index (χ2v) is 6.57. The summed E-state index contributed by atoms with van der Waals surface area (Å²) < 4.78 is 7.20. The molecule has 1 aromatic carbocycles. The third-order valence-electron chi connectivity index (χ3n) is 4.42. The van der Waals surface area contributed by atoms with Gasteiger partial charge in [-0.25, -0.2) is 9.78 Å². The van der Waals surface area contributed by atoms with Gasteiger partial charge in [-0.3, -0.25) is 14.3 Å². The lowest BCUT2D eigenvalue weighted by Gasteiger charge is -2.15. The van der Waals surface area contributed by atoms with Crippen molar-refractivity contribution >= 4 is 34.9 Å². The van der Waals surface area contributed by atoms with Gasteiger partial charge in [0, 0.05) is 12.1 Å². The Kier molecular flexibility index (Phi) is 5.84. The van der Waals surface area contributed by atoms with Crippen molar-refractivity contribution in [2.75, 3.05) is 13.2 Å². The van der Waals surface area contributed by atoms with Gasteiger partial charge in [0.05, 0.1) is 11.2 Å². The number of para-hydroxylation sites is 1. The molecule has 0 bridgehead atoms. The number of fused-ring (bicyclic) bond motifs is 1. The number of hydrogen-bond donors (Lipinski definition) is 2. The van der Waals surface area contributed by atoms with Gasteiger partial charge in [-0.15, -0.1) is 12.4 Å². The van der Waals surface area contributed by atoms with Gasteiger partial charge in [-0.2, -0.15) is 0 Å². The van der Waals surface area contributed by atoms with E-state index in [1.165, 1.54) is 10.6 Å². The molecule has 1 aliphatic heterocycles. The van der Waals surface area contributed by atoms with E-state index < -0.39 is 11.2 Å². The Morgan fingerprint density at radius 1 is 1.26 bits per heavy atom. The fraction of sp³-hybridized carbons (Fsp3) is 0.278. The Labute approximate surface area is 165 Å². The average Bonchev–Trinajstić information content (AvgIpc) is 3.13. The molecule has 1 aliphatic rings. The largest absolute Gasteiger partial charge is 0.475 e. The zero-order chi connectivity index (χ0) is 18.1. The molecule has 0 aliphatic carbocycles. The average molecular weight is 409 g/mol. The van der Waals surface area contributed by atoms with Gasteiger partial charge >= 0.3 is 5.69 Å². The van der Waals surface area contributed by atoms with Crippen LogP contribution < -0.4 is 21.3 Å². The molecule has 0 spiro atoms. The van der Waals surface area contributed by atoms with Crippen LogP contribution in [0.25, 0.3) is 16.6 Å². The summed E-state index contributed by atoms with van der Waals surface area (Å²) in [6, 6.07) is 10.7. The van der Waals surface area contributed by atoms with E-state index in [-0.39, 0.29) is 34.9 Å². The van der Waals surface area contributed by atoms with Crippen LogP contribution in [0.4, 0.5) is 0 Å². The van der Waals surface area contributed by atoms with E-state index in [1.807, 2.05) is 18.2 Å². The number of nitrogens with one attached hydrogen (secondary N) is 2. The molecule has 7 nitrogen and oxygen atoms in total. The van der Waals surface area contributed by atoms with E-state index >= 15 is 0 Å². The zero-order valence-electron chi connectivity index (χ0n) is 14.3. The number of ether oxygens (including phenoxy) is 1. The van der Waals surface area contributed by atoms with E-state index in [9.17, 15) is 9.59 Å². The topological polar surface area (TPSA) is 89.0 Å². The number of H-pyrrole nitrogens is 1. The highest BCUT2D eigenvalue weighted by Gasteiger charge is 2.19. The van der Waals surface area contributed by atoms with Crippen LogP contribution in [-0.4, -0.2) is 33.7 Å². The third kappa shape index (κ3) is 3.85. The molecule has 1 atom stereocenters. The normalized spacial score (nSPS) is 16.3. The molecule has 2 N–H and O–H groups in total. The first-order valence-corrected chi connectivity index (χ1v) is 8.78. The molecule has 27 heavy (non-hydrogen) atoms. The minimum absolute atomic E-state index is 0. The second kappa shape index (κ2) is 8.12. The molecule has 4 rings (SSSR count). The number of halogens is 2. The maximum Gasteiger partial charge on any atom is 0.333 e. The Hall–Kier alpha value is -2.35. The van der Waals surface area contributed by atoms with Gasteiger partial charge in [-0.1, -0.05) is 29.8 Å². The molecule has 0 radical (unpaired) electrons. The summed E-state index contributed by atoms with van der Waals surface area (Å²) in [5, 5.41) is 3.68. The lowest BCUT2D eigenvalue weighted by Crippen LogP contribution is -2.31. The lowest BCUT2D eigenvalue weighted by molar-refractivity contribution is 0.270. The highest BCUT2D eigenvalue weighted by Crippen LogP contribution is 2.25. The third-order valence-corrected chi connectivity index (χ3v) is 4.62. The van der Waals surface area contributed by atoms with Crippen molar-refractivity contribution in [1.29, 1.82) is 0 Å². The Bertz CT molecular complexity index is 1060. The van der Waals surface area contributed by atoms with Crippen LogP contribution in [0.15, 0.2) is 46.0 Å². The fourth-order valence-electron chi connectivity index (χ4n) is 3.21. The van der Waals surface area contributed by atoms with E-state index in [4.69, 9.17) is 16.3 Å². The summed E-state index contributed by atoms with van der Waals surface area (Å²) in [5.74, 6) is 0.132. The van der Waals surface area contributed by atoms with Crippen LogP contribution in [0, 0.1) is 0 Å². The van der Waals surface area contributed by atoms with Gasteiger partial charge in [0.25, 0.3) is 5.56 Å². The lowest BCUT2D eigenvalue weighted by atomic mass is 10.2. The summed E-state index contributed by atoms with van der Waals surface area (Å²) in [7, 11) is 0. The molecule has 9 heteroatoms. The van der Waals surface area contributed by atoms with E-state index in [0.717, 1.165) is 19.4 Å². The van der Waals surface area contributed by atoms with Gasteiger partial charge in [-0.05, 0) is 31.5 Å². The monoisotopic (exact) mass is 408 g/mol. The summed E-state index contributed by atoms with van der Waals surface area (Å²) in [4.78, 5) is 31.4. The maximum atomic E-state index is 12.5. The molecule has 142 valence electrons. The molecule has 3 heterocycles. The van der Waals surface area contributed by atoms with Gasteiger partial charge < -0.3 is 10.1 Å². The van der Waals surface area contributed by atoms with Crippen LogP contribution in [-0.2, 0) is 0 Å². The molecular formula is C18H18Cl2N4O3. The maximum absolute atomic E-state index is 12.5. The highest BCUT2D eigenvalue weighted by molar-refractivity contribution is 6.30. The molecular weight excluding hydrogens is 391 g/mol. The van der Waals surface area contributed by atoms with Crippen LogP contribution in [0.2, 0.25) is 5.15 Å².